The molecule has 0 saturated carbocycles. The number of nitrogens with one attached hydrogen (secondary N) is 1. The summed E-state index contributed by atoms with van der Waals surface area (Å²) in [6.45, 7) is 0.112. The number of rotatable bonds is 6. The van der Waals surface area contributed by atoms with Crippen LogP contribution in [0.2, 0.25) is 0 Å². The molecule has 0 aromatic heterocycles. The van der Waals surface area contributed by atoms with Crippen molar-refractivity contribution in [3.05, 3.63) is 64.2 Å². The highest BCUT2D eigenvalue weighted by atomic mass is 31.2. The fourth-order valence-corrected chi connectivity index (χ4v) is 2.48. The number of nitro benzene ring substituents is 1. The van der Waals surface area contributed by atoms with Crippen molar-refractivity contribution < 1.29 is 18.9 Å². The maximum atomic E-state index is 11.9. The molecule has 0 aliphatic rings. The number of anilines is 1. The number of nitrogens with two attached hydrogens (primary N) is 1. The van der Waals surface area contributed by atoms with Gasteiger partial charge >= 0.3 is 7.75 Å². The second-order valence-corrected chi connectivity index (χ2v) is 5.98. The minimum atomic E-state index is -4.08. The summed E-state index contributed by atoms with van der Waals surface area (Å²) in [4.78, 5) is 19.7. The van der Waals surface area contributed by atoms with E-state index >= 15 is 0 Å². The molecular formula is C13H14N3O5P. The first-order valence-corrected chi connectivity index (χ1v) is 7.80. The predicted molar refractivity (Wildman–Crippen MR) is 81.2 cm³/mol. The molecule has 116 valence electrons. The van der Waals surface area contributed by atoms with Crippen molar-refractivity contribution in [3.63, 3.8) is 0 Å². The van der Waals surface area contributed by atoms with Gasteiger partial charge in [0, 0.05) is 24.4 Å². The molecule has 1 atom stereocenters. The Morgan fingerprint density at radius 3 is 2.32 bits per heavy atom. The lowest BCUT2D eigenvalue weighted by Gasteiger charge is -2.14. The van der Waals surface area contributed by atoms with Gasteiger partial charge in [0.1, 0.15) is 5.75 Å². The van der Waals surface area contributed by atoms with Crippen LogP contribution in [0.1, 0.15) is 5.56 Å². The first-order valence-electron chi connectivity index (χ1n) is 6.22. The number of nitrogen functional groups attached to an aromatic ring is 1. The van der Waals surface area contributed by atoms with Crippen molar-refractivity contribution in [2.75, 3.05) is 5.73 Å². The Bertz CT molecular complexity index is 703. The monoisotopic (exact) mass is 323 g/mol. The quantitative estimate of drug-likeness (QED) is 0.322. The van der Waals surface area contributed by atoms with E-state index in [2.05, 4.69) is 5.09 Å². The fourth-order valence-electron chi connectivity index (χ4n) is 1.63. The van der Waals surface area contributed by atoms with Crippen LogP contribution in [0.25, 0.3) is 0 Å². The third-order valence-corrected chi connectivity index (χ3v) is 3.76. The van der Waals surface area contributed by atoms with Crippen LogP contribution in [-0.2, 0) is 11.1 Å². The van der Waals surface area contributed by atoms with Crippen molar-refractivity contribution in [3.8, 4) is 5.75 Å². The van der Waals surface area contributed by atoms with Gasteiger partial charge in [-0.1, -0.05) is 12.1 Å². The van der Waals surface area contributed by atoms with Gasteiger partial charge < -0.3 is 15.2 Å². The molecule has 0 bridgehead atoms. The van der Waals surface area contributed by atoms with Gasteiger partial charge in [-0.25, -0.2) is 9.65 Å². The molecule has 22 heavy (non-hydrogen) atoms. The van der Waals surface area contributed by atoms with E-state index in [9.17, 15) is 19.6 Å². The molecule has 4 N–H and O–H groups in total. The van der Waals surface area contributed by atoms with E-state index in [0.717, 1.165) is 5.56 Å². The highest BCUT2D eigenvalue weighted by molar-refractivity contribution is 7.51. The van der Waals surface area contributed by atoms with Gasteiger partial charge in [0.25, 0.3) is 5.69 Å². The summed E-state index contributed by atoms with van der Waals surface area (Å²) in [5.74, 6) is 0.0567. The topological polar surface area (TPSA) is 128 Å². The first-order chi connectivity index (χ1) is 10.4. The average molecular weight is 323 g/mol. The molecule has 2 rings (SSSR count). The normalized spacial score (nSPS) is 13.3. The van der Waals surface area contributed by atoms with Gasteiger partial charge in [-0.3, -0.25) is 10.1 Å². The summed E-state index contributed by atoms with van der Waals surface area (Å²) in [6.07, 6.45) is 0. The van der Waals surface area contributed by atoms with E-state index in [1.165, 1.54) is 24.3 Å². The van der Waals surface area contributed by atoms with Crippen LogP contribution in [-0.4, -0.2) is 9.82 Å². The lowest BCUT2D eigenvalue weighted by Crippen LogP contribution is -2.13. The fraction of sp³-hybridized carbons (Fsp3) is 0.0769. The zero-order valence-electron chi connectivity index (χ0n) is 11.4. The smallest absolute Gasteiger partial charge is 0.413 e. The van der Waals surface area contributed by atoms with Crippen molar-refractivity contribution in [2.45, 2.75) is 6.54 Å². The summed E-state index contributed by atoms with van der Waals surface area (Å²) in [6, 6.07) is 11.7. The molecule has 0 fully saturated rings. The minimum Gasteiger partial charge on any atom is -0.413 e. The molecule has 0 saturated heterocycles. The molecule has 0 spiro atoms. The number of nitro groups is 1. The van der Waals surface area contributed by atoms with Crippen molar-refractivity contribution in [1.82, 2.24) is 5.09 Å². The molecule has 1 unspecified atom stereocenters. The van der Waals surface area contributed by atoms with Crippen LogP contribution < -0.4 is 15.3 Å². The molecule has 9 heteroatoms. The Morgan fingerprint density at radius 1 is 1.18 bits per heavy atom. The SMILES string of the molecule is Nc1ccc(CNP(=O)(O)Oc2ccc([N+](=O)[O-])cc2)cc1. The standard InChI is InChI=1S/C13H14N3O5P/c14-11-3-1-10(2-4-11)9-15-22(19,20)21-13-7-5-12(6-8-13)16(17)18/h1-8H,9,14H2,(H2,15,19,20). The Hall–Kier alpha value is -2.41. The van der Waals surface area contributed by atoms with Gasteiger partial charge in [-0.05, 0) is 29.8 Å². The van der Waals surface area contributed by atoms with E-state index in [0.29, 0.717) is 5.69 Å². The third-order valence-electron chi connectivity index (χ3n) is 2.74. The Kier molecular flexibility index (Phi) is 4.77. The lowest BCUT2D eigenvalue weighted by molar-refractivity contribution is -0.384. The Labute approximate surface area is 126 Å². The van der Waals surface area contributed by atoms with Crippen molar-refractivity contribution in [2.24, 2.45) is 0 Å². The van der Waals surface area contributed by atoms with Gasteiger partial charge in [0.05, 0.1) is 4.92 Å². The molecule has 0 radical (unpaired) electrons. The molecule has 8 nitrogen and oxygen atoms in total. The Balaban J connectivity index is 1.96. The summed E-state index contributed by atoms with van der Waals surface area (Å²) < 4.78 is 16.8. The van der Waals surface area contributed by atoms with Crippen molar-refractivity contribution >= 4 is 19.1 Å². The zero-order chi connectivity index (χ0) is 16.2. The number of non-ortho nitro benzene ring substituents is 1. The van der Waals surface area contributed by atoms with E-state index < -0.39 is 12.7 Å². The average Bonchev–Trinajstić information content (AvgIpc) is 2.47. The van der Waals surface area contributed by atoms with Crippen LogP contribution in [0.15, 0.2) is 48.5 Å². The largest absolute Gasteiger partial charge is 0.456 e. The molecule has 0 amide bonds. The second-order valence-electron chi connectivity index (χ2n) is 4.44. The Morgan fingerprint density at radius 2 is 1.77 bits per heavy atom. The van der Waals surface area contributed by atoms with Crippen LogP contribution in [0, 0.1) is 10.1 Å². The van der Waals surface area contributed by atoms with Crippen LogP contribution >= 0.6 is 7.75 Å². The van der Waals surface area contributed by atoms with E-state index in [1.807, 2.05) is 0 Å². The van der Waals surface area contributed by atoms with Crippen LogP contribution in [0.4, 0.5) is 11.4 Å². The third kappa shape index (κ3) is 4.56. The van der Waals surface area contributed by atoms with Gasteiger partial charge in [-0.2, -0.15) is 0 Å². The highest BCUT2D eigenvalue weighted by Crippen LogP contribution is 2.38. The number of hydrogen-bond acceptors (Lipinski definition) is 5. The van der Waals surface area contributed by atoms with E-state index in [-0.39, 0.29) is 18.0 Å². The summed E-state index contributed by atoms with van der Waals surface area (Å²) in [5.41, 5.74) is 6.77. The summed E-state index contributed by atoms with van der Waals surface area (Å²) >= 11 is 0. The predicted octanol–water partition coefficient (Wildman–Crippen LogP) is 2.45. The van der Waals surface area contributed by atoms with Crippen LogP contribution in [0.5, 0.6) is 5.75 Å². The molecule has 0 aliphatic carbocycles. The number of nitrogens with zero attached hydrogens (tertiary/aromatic N) is 1. The highest BCUT2D eigenvalue weighted by Gasteiger charge is 2.20. The summed E-state index contributed by atoms with van der Waals surface area (Å²) in [5, 5.41) is 12.9. The number of benzene rings is 2. The molecule has 0 heterocycles. The zero-order valence-corrected chi connectivity index (χ0v) is 12.3. The maximum Gasteiger partial charge on any atom is 0.456 e. The van der Waals surface area contributed by atoms with E-state index in [1.54, 1.807) is 24.3 Å². The first kappa shape index (κ1) is 16.0. The summed E-state index contributed by atoms with van der Waals surface area (Å²) in [7, 11) is -4.08. The van der Waals surface area contributed by atoms with Gasteiger partial charge in [0.15, 0.2) is 0 Å². The molecule has 2 aromatic carbocycles. The van der Waals surface area contributed by atoms with Gasteiger partial charge in [0.2, 0.25) is 0 Å². The van der Waals surface area contributed by atoms with Crippen molar-refractivity contribution in [1.29, 1.82) is 0 Å². The number of hydrogen-bond donors (Lipinski definition) is 3. The maximum absolute atomic E-state index is 11.9. The van der Waals surface area contributed by atoms with Crippen LogP contribution in [0.3, 0.4) is 0 Å². The second kappa shape index (κ2) is 6.57. The van der Waals surface area contributed by atoms with E-state index in [4.69, 9.17) is 10.3 Å². The lowest BCUT2D eigenvalue weighted by atomic mass is 10.2. The molecular weight excluding hydrogens is 309 g/mol. The molecule has 0 aliphatic heterocycles. The van der Waals surface area contributed by atoms with Gasteiger partial charge in [-0.15, -0.1) is 0 Å². The minimum absolute atomic E-state index is 0.0567. The molecule has 2 aromatic rings.